The van der Waals surface area contributed by atoms with E-state index in [0.29, 0.717) is 0 Å². The first-order valence-corrected chi connectivity index (χ1v) is 6.87. The van der Waals surface area contributed by atoms with Gasteiger partial charge in [-0.1, -0.05) is 24.3 Å². The molecule has 1 unspecified atom stereocenters. The van der Waals surface area contributed by atoms with Gasteiger partial charge in [0.05, 0.1) is 5.69 Å². The van der Waals surface area contributed by atoms with E-state index < -0.39 is 0 Å². The minimum absolute atomic E-state index is 0.212. The van der Waals surface area contributed by atoms with Gasteiger partial charge in [0.2, 0.25) is 0 Å². The van der Waals surface area contributed by atoms with Crippen LogP contribution in [0.3, 0.4) is 0 Å². The molecule has 0 saturated carbocycles. The molecule has 2 aromatic heterocycles. The standard InChI is InChI=1S/C17H18N2O/c1-12(16-8-5-6-10-18-16)19-11-15-13(2)20-17-9-4-3-7-14(15)17/h3-10,12,19H,11H2,1-2H3. The van der Waals surface area contributed by atoms with Gasteiger partial charge >= 0.3 is 0 Å². The molecule has 1 N–H and O–H groups in total. The van der Waals surface area contributed by atoms with E-state index in [1.54, 1.807) is 0 Å². The summed E-state index contributed by atoms with van der Waals surface area (Å²) in [5.41, 5.74) is 3.23. The molecule has 3 nitrogen and oxygen atoms in total. The predicted molar refractivity (Wildman–Crippen MR) is 80.4 cm³/mol. The van der Waals surface area contributed by atoms with E-state index in [0.717, 1.165) is 23.6 Å². The van der Waals surface area contributed by atoms with E-state index in [4.69, 9.17) is 4.42 Å². The second kappa shape index (κ2) is 5.47. The number of rotatable bonds is 4. The highest BCUT2D eigenvalue weighted by molar-refractivity contribution is 5.82. The van der Waals surface area contributed by atoms with Crippen molar-refractivity contribution in [3.63, 3.8) is 0 Å². The Kier molecular flexibility index (Phi) is 3.52. The third-order valence-electron chi connectivity index (χ3n) is 3.62. The molecule has 0 aliphatic rings. The third-order valence-corrected chi connectivity index (χ3v) is 3.62. The number of hydrogen-bond acceptors (Lipinski definition) is 3. The third kappa shape index (κ3) is 2.45. The Labute approximate surface area is 118 Å². The van der Waals surface area contributed by atoms with Gasteiger partial charge < -0.3 is 9.73 Å². The van der Waals surface area contributed by atoms with E-state index in [-0.39, 0.29) is 6.04 Å². The Balaban J connectivity index is 1.79. The number of pyridine rings is 1. The normalized spacial score (nSPS) is 12.7. The minimum atomic E-state index is 0.212. The molecule has 0 radical (unpaired) electrons. The molecule has 3 aromatic rings. The lowest BCUT2D eigenvalue weighted by Crippen LogP contribution is -2.19. The molecule has 102 valence electrons. The zero-order valence-electron chi connectivity index (χ0n) is 11.8. The molecule has 0 aliphatic carbocycles. The maximum absolute atomic E-state index is 5.78. The van der Waals surface area contributed by atoms with Gasteiger partial charge in [-0.05, 0) is 32.0 Å². The summed E-state index contributed by atoms with van der Waals surface area (Å²) in [5, 5.41) is 4.70. The monoisotopic (exact) mass is 266 g/mol. The summed E-state index contributed by atoms with van der Waals surface area (Å²) in [4.78, 5) is 4.38. The molecule has 0 saturated heterocycles. The van der Waals surface area contributed by atoms with Crippen molar-refractivity contribution >= 4 is 11.0 Å². The van der Waals surface area contributed by atoms with Gasteiger partial charge in [0.25, 0.3) is 0 Å². The van der Waals surface area contributed by atoms with Gasteiger partial charge in [-0.2, -0.15) is 0 Å². The minimum Gasteiger partial charge on any atom is -0.461 e. The van der Waals surface area contributed by atoms with Gasteiger partial charge in [0.1, 0.15) is 11.3 Å². The fourth-order valence-corrected chi connectivity index (χ4v) is 2.43. The second-order valence-corrected chi connectivity index (χ2v) is 4.99. The topological polar surface area (TPSA) is 38.1 Å². The number of hydrogen-bond donors (Lipinski definition) is 1. The van der Waals surface area contributed by atoms with Crippen LogP contribution in [0.4, 0.5) is 0 Å². The maximum atomic E-state index is 5.78. The van der Waals surface area contributed by atoms with E-state index in [1.165, 1.54) is 10.9 Å². The molecule has 2 heterocycles. The fourth-order valence-electron chi connectivity index (χ4n) is 2.43. The van der Waals surface area contributed by atoms with E-state index in [2.05, 4.69) is 23.3 Å². The fraction of sp³-hybridized carbons (Fsp3) is 0.235. The van der Waals surface area contributed by atoms with Crippen molar-refractivity contribution in [2.45, 2.75) is 26.4 Å². The summed E-state index contributed by atoms with van der Waals surface area (Å²) in [6.07, 6.45) is 1.83. The largest absolute Gasteiger partial charge is 0.461 e. The van der Waals surface area contributed by atoms with Crippen LogP contribution in [0.1, 0.15) is 30.0 Å². The van der Waals surface area contributed by atoms with Gasteiger partial charge in [0, 0.05) is 29.7 Å². The maximum Gasteiger partial charge on any atom is 0.134 e. The van der Waals surface area contributed by atoms with Crippen LogP contribution in [0, 0.1) is 6.92 Å². The summed E-state index contributed by atoms with van der Waals surface area (Å²) < 4.78 is 5.78. The highest BCUT2D eigenvalue weighted by atomic mass is 16.3. The Morgan fingerprint density at radius 1 is 1.15 bits per heavy atom. The van der Waals surface area contributed by atoms with Gasteiger partial charge in [-0.15, -0.1) is 0 Å². The summed E-state index contributed by atoms with van der Waals surface area (Å²) >= 11 is 0. The molecule has 1 atom stereocenters. The number of nitrogens with zero attached hydrogens (tertiary/aromatic N) is 1. The molecule has 1 aromatic carbocycles. The molecular weight excluding hydrogens is 248 g/mol. The van der Waals surface area contributed by atoms with Crippen molar-refractivity contribution in [1.82, 2.24) is 10.3 Å². The van der Waals surface area contributed by atoms with Crippen molar-refractivity contribution in [2.75, 3.05) is 0 Å². The van der Waals surface area contributed by atoms with E-state index in [9.17, 15) is 0 Å². The summed E-state index contributed by atoms with van der Waals surface area (Å²) in [7, 11) is 0. The Bertz CT molecular complexity index is 703. The Hall–Kier alpha value is -2.13. The SMILES string of the molecule is Cc1oc2ccccc2c1CNC(C)c1ccccn1. The lowest BCUT2D eigenvalue weighted by molar-refractivity contribution is 0.538. The molecule has 0 fully saturated rings. The van der Waals surface area contributed by atoms with Crippen LogP contribution in [0.5, 0.6) is 0 Å². The number of nitrogens with one attached hydrogen (secondary N) is 1. The van der Waals surface area contributed by atoms with Gasteiger partial charge in [0.15, 0.2) is 0 Å². The van der Waals surface area contributed by atoms with Crippen molar-refractivity contribution in [1.29, 1.82) is 0 Å². The quantitative estimate of drug-likeness (QED) is 0.776. The van der Waals surface area contributed by atoms with Crippen LogP contribution >= 0.6 is 0 Å². The lowest BCUT2D eigenvalue weighted by Gasteiger charge is -2.12. The molecule has 3 rings (SSSR count). The average molecular weight is 266 g/mol. The summed E-state index contributed by atoms with van der Waals surface area (Å²) in [5.74, 6) is 0.979. The number of para-hydroxylation sites is 1. The zero-order chi connectivity index (χ0) is 13.9. The molecular formula is C17H18N2O. The Morgan fingerprint density at radius 2 is 1.95 bits per heavy atom. The number of benzene rings is 1. The summed E-state index contributed by atoms with van der Waals surface area (Å²) in [6, 6.07) is 14.4. The van der Waals surface area contributed by atoms with Crippen LogP contribution in [-0.2, 0) is 6.54 Å². The molecule has 0 bridgehead atoms. The average Bonchev–Trinajstić information content (AvgIpc) is 2.81. The molecule has 3 heteroatoms. The number of aromatic nitrogens is 1. The van der Waals surface area contributed by atoms with Crippen LogP contribution in [0.25, 0.3) is 11.0 Å². The number of furan rings is 1. The van der Waals surface area contributed by atoms with Crippen LogP contribution in [0.2, 0.25) is 0 Å². The first-order chi connectivity index (χ1) is 9.75. The predicted octanol–water partition coefficient (Wildman–Crippen LogP) is 3.99. The van der Waals surface area contributed by atoms with Gasteiger partial charge in [-0.25, -0.2) is 0 Å². The number of fused-ring (bicyclic) bond motifs is 1. The first kappa shape index (κ1) is 12.9. The smallest absolute Gasteiger partial charge is 0.134 e. The van der Waals surface area contributed by atoms with Crippen molar-refractivity contribution in [3.8, 4) is 0 Å². The lowest BCUT2D eigenvalue weighted by atomic mass is 10.1. The molecule has 0 aliphatic heterocycles. The van der Waals surface area contributed by atoms with E-state index >= 15 is 0 Å². The van der Waals surface area contributed by atoms with Gasteiger partial charge in [-0.3, -0.25) is 4.98 Å². The second-order valence-electron chi connectivity index (χ2n) is 4.99. The van der Waals surface area contributed by atoms with Crippen LogP contribution in [0.15, 0.2) is 53.1 Å². The molecule has 0 amide bonds. The molecule has 20 heavy (non-hydrogen) atoms. The van der Waals surface area contributed by atoms with Crippen LogP contribution < -0.4 is 5.32 Å². The first-order valence-electron chi connectivity index (χ1n) is 6.87. The van der Waals surface area contributed by atoms with Crippen molar-refractivity contribution in [3.05, 3.63) is 65.7 Å². The highest BCUT2D eigenvalue weighted by Gasteiger charge is 2.12. The van der Waals surface area contributed by atoms with Crippen molar-refractivity contribution in [2.24, 2.45) is 0 Å². The van der Waals surface area contributed by atoms with E-state index in [1.807, 2.05) is 49.5 Å². The summed E-state index contributed by atoms with van der Waals surface area (Å²) in [6.45, 7) is 4.92. The van der Waals surface area contributed by atoms with Crippen molar-refractivity contribution < 1.29 is 4.42 Å². The highest BCUT2D eigenvalue weighted by Crippen LogP contribution is 2.25. The Morgan fingerprint density at radius 3 is 2.75 bits per heavy atom. The van der Waals surface area contributed by atoms with Crippen LogP contribution in [-0.4, -0.2) is 4.98 Å². The zero-order valence-corrected chi connectivity index (χ0v) is 11.8. The molecule has 0 spiro atoms. The number of aryl methyl sites for hydroxylation is 1.